The zero-order chi connectivity index (χ0) is 14.7. The van der Waals surface area contributed by atoms with Crippen molar-refractivity contribution >= 4 is 23.6 Å². The molecule has 0 radical (unpaired) electrons. The Hall–Kier alpha value is -1.69. The van der Waals surface area contributed by atoms with Crippen molar-refractivity contribution in [2.75, 3.05) is 18.2 Å². The summed E-state index contributed by atoms with van der Waals surface area (Å²) in [6.45, 7) is 3.77. The van der Waals surface area contributed by atoms with E-state index in [9.17, 15) is 9.59 Å². The molecule has 1 aromatic carbocycles. The third-order valence-corrected chi connectivity index (χ3v) is 4.18. The van der Waals surface area contributed by atoms with Crippen LogP contribution < -0.4 is 4.74 Å². The summed E-state index contributed by atoms with van der Waals surface area (Å²) in [6.07, 6.45) is 0. The zero-order valence-corrected chi connectivity index (χ0v) is 12.3. The number of carbonyl (C=O) groups excluding carboxylic acids is 1. The highest BCUT2D eigenvalue weighted by molar-refractivity contribution is 7.99. The summed E-state index contributed by atoms with van der Waals surface area (Å²) >= 11 is 1.44. The third-order valence-electron chi connectivity index (χ3n) is 3.17. The van der Waals surface area contributed by atoms with Crippen LogP contribution in [0.25, 0.3) is 0 Å². The number of carbonyl (C=O) groups is 2. The van der Waals surface area contributed by atoms with E-state index in [-0.39, 0.29) is 12.5 Å². The predicted octanol–water partition coefficient (Wildman–Crippen LogP) is 1.67. The van der Waals surface area contributed by atoms with Gasteiger partial charge in [-0.2, -0.15) is 0 Å². The predicted molar refractivity (Wildman–Crippen MR) is 77.0 cm³/mol. The topological polar surface area (TPSA) is 66.8 Å². The molecule has 1 N–H and O–H groups in total. The standard InChI is InChI=1S/C14H17NO4S/c1-9-3-4-12(10(2)5-9)19-6-13(16)15-8-20-7-11(15)14(17)18/h3-5,11H,6-8H2,1-2H3,(H,17,18). The molecule has 1 amide bonds. The van der Waals surface area contributed by atoms with Gasteiger partial charge in [0.15, 0.2) is 6.61 Å². The highest BCUT2D eigenvalue weighted by Gasteiger charge is 2.34. The molecule has 1 aromatic rings. The van der Waals surface area contributed by atoms with Crippen LogP contribution in [0.2, 0.25) is 0 Å². The van der Waals surface area contributed by atoms with Crippen LogP contribution in [0.5, 0.6) is 5.75 Å². The van der Waals surface area contributed by atoms with E-state index < -0.39 is 12.0 Å². The lowest BCUT2D eigenvalue weighted by Crippen LogP contribution is -2.43. The molecule has 0 spiro atoms. The van der Waals surface area contributed by atoms with E-state index in [0.29, 0.717) is 17.4 Å². The van der Waals surface area contributed by atoms with Crippen LogP contribution in [0.15, 0.2) is 18.2 Å². The van der Waals surface area contributed by atoms with Crippen molar-refractivity contribution in [1.29, 1.82) is 0 Å². The lowest BCUT2D eigenvalue weighted by molar-refractivity contribution is -0.148. The van der Waals surface area contributed by atoms with E-state index in [2.05, 4.69) is 0 Å². The van der Waals surface area contributed by atoms with Gasteiger partial charge >= 0.3 is 5.97 Å². The molecule has 5 nitrogen and oxygen atoms in total. The summed E-state index contributed by atoms with van der Waals surface area (Å²) < 4.78 is 5.50. The Morgan fingerprint density at radius 2 is 2.20 bits per heavy atom. The molecule has 1 heterocycles. The second-order valence-corrected chi connectivity index (χ2v) is 5.77. The van der Waals surface area contributed by atoms with Crippen molar-refractivity contribution in [3.8, 4) is 5.75 Å². The van der Waals surface area contributed by atoms with E-state index >= 15 is 0 Å². The van der Waals surface area contributed by atoms with Gasteiger partial charge in [-0.05, 0) is 25.5 Å². The maximum atomic E-state index is 12.0. The molecule has 6 heteroatoms. The van der Waals surface area contributed by atoms with Gasteiger partial charge in [0.05, 0.1) is 5.88 Å². The molecule has 1 fully saturated rings. The molecule has 0 aliphatic carbocycles. The number of nitrogens with zero attached hydrogens (tertiary/aromatic N) is 1. The number of rotatable bonds is 4. The second kappa shape index (κ2) is 6.17. The van der Waals surface area contributed by atoms with Crippen LogP contribution in [0, 0.1) is 13.8 Å². The first kappa shape index (κ1) is 14.7. The zero-order valence-electron chi connectivity index (χ0n) is 11.5. The third kappa shape index (κ3) is 3.25. The Morgan fingerprint density at radius 3 is 2.85 bits per heavy atom. The van der Waals surface area contributed by atoms with Gasteiger partial charge in [0.2, 0.25) is 0 Å². The van der Waals surface area contributed by atoms with Gasteiger partial charge in [0, 0.05) is 5.75 Å². The van der Waals surface area contributed by atoms with Gasteiger partial charge in [-0.15, -0.1) is 11.8 Å². The number of carboxylic acids is 1. The van der Waals surface area contributed by atoms with Gasteiger partial charge in [0.25, 0.3) is 5.91 Å². The number of aliphatic carboxylic acids is 1. The van der Waals surface area contributed by atoms with Crippen LogP contribution >= 0.6 is 11.8 Å². The summed E-state index contributed by atoms with van der Waals surface area (Å²) in [6, 6.07) is 4.98. The smallest absolute Gasteiger partial charge is 0.327 e. The van der Waals surface area contributed by atoms with Gasteiger partial charge in [0.1, 0.15) is 11.8 Å². The maximum Gasteiger partial charge on any atom is 0.327 e. The van der Waals surface area contributed by atoms with E-state index in [4.69, 9.17) is 9.84 Å². The molecule has 0 bridgehead atoms. The number of amides is 1. The average Bonchev–Trinajstić information content (AvgIpc) is 2.86. The van der Waals surface area contributed by atoms with Crippen molar-refractivity contribution < 1.29 is 19.4 Å². The molecule has 0 aromatic heterocycles. The molecule has 1 saturated heterocycles. The number of ether oxygens (including phenoxy) is 1. The molecular weight excluding hydrogens is 278 g/mol. The summed E-state index contributed by atoms with van der Waals surface area (Å²) in [5.74, 6) is 0.247. The first-order valence-electron chi connectivity index (χ1n) is 6.29. The number of benzene rings is 1. The van der Waals surface area contributed by atoms with Crippen LogP contribution in [-0.4, -0.2) is 46.2 Å². The van der Waals surface area contributed by atoms with Gasteiger partial charge in [-0.25, -0.2) is 4.79 Å². The Labute approximate surface area is 121 Å². The first-order valence-corrected chi connectivity index (χ1v) is 7.44. The Bertz CT molecular complexity index is 532. The summed E-state index contributed by atoms with van der Waals surface area (Å²) in [4.78, 5) is 24.4. The Balaban J connectivity index is 1.96. The minimum Gasteiger partial charge on any atom is -0.483 e. The van der Waals surface area contributed by atoms with Crippen molar-refractivity contribution in [2.45, 2.75) is 19.9 Å². The van der Waals surface area contributed by atoms with Crippen molar-refractivity contribution in [1.82, 2.24) is 4.90 Å². The van der Waals surface area contributed by atoms with E-state index in [1.54, 1.807) is 0 Å². The number of hydrogen-bond donors (Lipinski definition) is 1. The van der Waals surface area contributed by atoms with Crippen molar-refractivity contribution in [3.63, 3.8) is 0 Å². The molecule has 1 aliphatic heterocycles. The number of carboxylic acid groups (broad SMARTS) is 1. The van der Waals surface area contributed by atoms with Crippen LogP contribution in [0.3, 0.4) is 0 Å². The largest absolute Gasteiger partial charge is 0.483 e. The van der Waals surface area contributed by atoms with Crippen LogP contribution in [0.1, 0.15) is 11.1 Å². The minimum absolute atomic E-state index is 0.131. The maximum absolute atomic E-state index is 12.0. The molecule has 108 valence electrons. The van der Waals surface area contributed by atoms with Crippen LogP contribution in [-0.2, 0) is 9.59 Å². The van der Waals surface area contributed by atoms with E-state index in [0.717, 1.165) is 11.1 Å². The number of aryl methyl sites for hydroxylation is 2. The summed E-state index contributed by atoms with van der Waals surface area (Å²) in [7, 11) is 0. The van der Waals surface area contributed by atoms with Crippen molar-refractivity contribution in [3.05, 3.63) is 29.3 Å². The highest BCUT2D eigenvalue weighted by atomic mass is 32.2. The molecule has 1 unspecified atom stereocenters. The quantitative estimate of drug-likeness (QED) is 0.915. The Kier molecular flexibility index (Phi) is 4.54. The molecular formula is C14H17NO4S. The highest BCUT2D eigenvalue weighted by Crippen LogP contribution is 2.22. The molecule has 20 heavy (non-hydrogen) atoms. The second-order valence-electron chi connectivity index (χ2n) is 4.78. The summed E-state index contributed by atoms with van der Waals surface area (Å²) in [5.41, 5.74) is 2.09. The van der Waals surface area contributed by atoms with E-state index in [1.807, 2.05) is 32.0 Å². The number of hydrogen-bond acceptors (Lipinski definition) is 4. The van der Waals surface area contributed by atoms with Crippen LogP contribution in [0.4, 0.5) is 0 Å². The fraction of sp³-hybridized carbons (Fsp3) is 0.429. The van der Waals surface area contributed by atoms with Crippen molar-refractivity contribution in [2.24, 2.45) is 0 Å². The fourth-order valence-electron chi connectivity index (χ4n) is 2.08. The van der Waals surface area contributed by atoms with E-state index in [1.165, 1.54) is 16.7 Å². The fourth-order valence-corrected chi connectivity index (χ4v) is 3.25. The monoisotopic (exact) mass is 295 g/mol. The molecule has 0 saturated carbocycles. The van der Waals surface area contributed by atoms with Gasteiger partial charge in [-0.3, -0.25) is 4.79 Å². The lowest BCUT2D eigenvalue weighted by atomic mass is 10.1. The first-order chi connectivity index (χ1) is 9.49. The average molecular weight is 295 g/mol. The lowest BCUT2D eigenvalue weighted by Gasteiger charge is -2.20. The Morgan fingerprint density at radius 1 is 1.45 bits per heavy atom. The molecule has 2 rings (SSSR count). The number of thioether (sulfide) groups is 1. The summed E-state index contributed by atoms with van der Waals surface area (Å²) in [5, 5.41) is 9.04. The SMILES string of the molecule is Cc1ccc(OCC(=O)N2CSCC2C(=O)O)c(C)c1. The van der Waals surface area contributed by atoms with Gasteiger partial charge in [-0.1, -0.05) is 17.7 Å². The molecule has 1 atom stereocenters. The van der Waals surface area contributed by atoms with Gasteiger partial charge < -0.3 is 14.7 Å². The minimum atomic E-state index is -0.963. The normalized spacial score (nSPS) is 18.1. The molecule has 1 aliphatic rings.